The maximum Gasteiger partial charge on any atom is 0.259 e. The molecule has 4 rings (SSSR count). The number of nitrogens with zero attached hydrogens (tertiary/aromatic N) is 1. The van der Waals surface area contributed by atoms with Crippen LogP contribution in [0.4, 0.5) is 5.69 Å². The van der Waals surface area contributed by atoms with Crippen LogP contribution in [0.15, 0.2) is 78.9 Å². The Hall–Kier alpha value is -3.31. The molecule has 1 saturated heterocycles. The van der Waals surface area contributed by atoms with Crippen molar-refractivity contribution in [2.75, 3.05) is 25.5 Å². The molecule has 3 aromatic carbocycles. The van der Waals surface area contributed by atoms with E-state index in [4.69, 9.17) is 9.47 Å². The van der Waals surface area contributed by atoms with Gasteiger partial charge in [0, 0.05) is 18.8 Å². The Balaban J connectivity index is 1.36. The Labute approximate surface area is 183 Å². The molecule has 3 aromatic rings. The van der Waals surface area contributed by atoms with Crippen LogP contribution in [0.1, 0.15) is 28.8 Å². The summed E-state index contributed by atoms with van der Waals surface area (Å²) >= 11 is 0. The molecule has 1 aliphatic rings. The Morgan fingerprint density at radius 1 is 0.935 bits per heavy atom. The van der Waals surface area contributed by atoms with Crippen LogP contribution in [-0.2, 0) is 6.61 Å². The summed E-state index contributed by atoms with van der Waals surface area (Å²) in [6.45, 7) is 2.53. The lowest BCUT2D eigenvalue weighted by Crippen LogP contribution is -2.35. The highest BCUT2D eigenvalue weighted by Gasteiger charge is 2.18. The van der Waals surface area contributed by atoms with E-state index in [9.17, 15) is 4.79 Å². The molecule has 1 fully saturated rings. The summed E-state index contributed by atoms with van der Waals surface area (Å²) < 4.78 is 12.0. The monoisotopic (exact) mass is 416 g/mol. The number of carbonyl (C=O) groups is 1. The molecule has 160 valence electrons. The highest BCUT2D eigenvalue weighted by Crippen LogP contribution is 2.23. The number of amides is 1. The smallest absolute Gasteiger partial charge is 0.259 e. The fourth-order valence-electron chi connectivity index (χ4n) is 3.63. The van der Waals surface area contributed by atoms with Crippen LogP contribution in [0.2, 0.25) is 0 Å². The van der Waals surface area contributed by atoms with Crippen molar-refractivity contribution in [2.45, 2.75) is 25.6 Å². The third kappa shape index (κ3) is 5.86. The first-order valence-corrected chi connectivity index (χ1v) is 10.7. The number of anilines is 1. The number of carbonyl (C=O) groups excluding carboxylic acids is 1. The Morgan fingerprint density at radius 2 is 1.61 bits per heavy atom. The first kappa shape index (κ1) is 20.9. The lowest BCUT2D eigenvalue weighted by molar-refractivity contribution is 0.102. The van der Waals surface area contributed by atoms with Crippen LogP contribution in [0.5, 0.6) is 11.5 Å². The number of benzene rings is 3. The molecule has 0 unspecified atom stereocenters. The van der Waals surface area contributed by atoms with Crippen LogP contribution >= 0.6 is 0 Å². The number of rotatable bonds is 7. The van der Waals surface area contributed by atoms with Crippen molar-refractivity contribution in [1.29, 1.82) is 0 Å². The van der Waals surface area contributed by atoms with Gasteiger partial charge in [-0.2, -0.15) is 0 Å². The summed E-state index contributed by atoms with van der Waals surface area (Å²) in [6.07, 6.45) is 2.33. The number of piperidine rings is 1. The predicted octanol–water partition coefficient (Wildman–Crippen LogP) is 4.99. The highest BCUT2D eigenvalue weighted by atomic mass is 16.5. The summed E-state index contributed by atoms with van der Waals surface area (Å²) in [5.41, 5.74) is 2.28. The molecule has 0 saturated carbocycles. The Bertz CT molecular complexity index is 981. The van der Waals surface area contributed by atoms with Crippen LogP contribution in [-0.4, -0.2) is 37.0 Å². The molecule has 1 aliphatic heterocycles. The first-order chi connectivity index (χ1) is 15.2. The highest BCUT2D eigenvalue weighted by molar-refractivity contribution is 6.06. The fourth-order valence-corrected chi connectivity index (χ4v) is 3.63. The minimum atomic E-state index is -0.201. The summed E-state index contributed by atoms with van der Waals surface area (Å²) in [5.74, 6) is 1.19. The van der Waals surface area contributed by atoms with E-state index >= 15 is 0 Å². The zero-order valence-electron chi connectivity index (χ0n) is 17.8. The van der Waals surface area contributed by atoms with E-state index in [0.29, 0.717) is 17.9 Å². The van der Waals surface area contributed by atoms with Crippen LogP contribution in [0.3, 0.4) is 0 Å². The molecule has 31 heavy (non-hydrogen) atoms. The SMILES string of the molecule is CN1CCC(Oc2ccc(NC(=O)c3ccccc3OCc3ccccc3)cc2)CC1. The zero-order chi connectivity index (χ0) is 21.5. The standard InChI is InChI=1S/C26H28N2O3/c1-28-17-15-23(16-18-28)31-22-13-11-21(12-14-22)27-26(29)24-9-5-6-10-25(24)30-19-20-7-3-2-4-8-20/h2-14,23H,15-19H2,1H3,(H,27,29). The van der Waals surface area contributed by atoms with E-state index in [1.807, 2.05) is 72.8 Å². The van der Waals surface area contributed by atoms with Gasteiger partial charge >= 0.3 is 0 Å². The molecule has 1 N–H and O–H groups in total. The van der Waals surface area contributed by atoms with E-state index in [1.54, 1.807) is 6.07 Å². The van der Waals surface area contributed by atoms with Crippen LogP contribution < -0.4 is 14.8 Å². The Morgan fingerprint density at radius 3 is 2.35 bits per heavy atom. The van der Waals surface area contributed by atoms with Gasteiger partial charge in [-0.15, -0.1) is 0 Å². The number of ether oxygens (including phenoxy) is 2. The lowest BCUT2D eigenvalue weighted by atomic mass is 10.1. The van der Waals surface area contributed by atoms with Gasteiger partial charge in [-0.1, -0.05) is 42.5 Å². The Kier molecular flexibility index (Phi) is 6.85. The quantitative estimate of drug-likeness (QED) is 0.589. The van der Waals surface area contributed by atoms with Gasteiger partial charge in [0.25, 0.3) is 5.91 Å². The van der Waals surface area contributed by atoms with E-state index in [2.05, 4.69) is 17.3 Å². The maximum absolute atomic E-state index is 12.9. The van der Waals surface area contributed by atoms with Gasteiger partial charge in [0.15, 0.2) is 0 Å². The van der Waals surface area contributed by atoms with Crippen molar-refractivity contribution in [2.24, 2.45) is 0 Å². The lowest BCUT2D eigenvalue weighted by Gasteiger charge is -2.29. The van der Waals surface area contributed by atoms with Gasteiger partial charge in [0.1, 0.15) is 24.2 Å². The molecule has 1 amide bonds. The number of hydrogen-bond acceptors (Lipinski definition) is 4. The number of nitrogens with one attached hydrogen (secondary N) is 1. The summed E-state index contributed by atoms with van der Waals surface area (Å²) in [4.78, 5) is 15.2. The third-order valence-corrected chi connectivity index (χ3v) is 5.45. The average Bonchev–Trinajstić information content (AvgIpc) is 2.81. The normalized spacial score (nSPS) is 14.7. The van der Waals surface area contributed by atoms with E-state index in [1.165, 1.54) is 0 Å². The number of para-hydroxylation sites is 1. The largest absolute Gasteiger partial charge is 0.490 e. The van der Waals surface area contributed by atoms with Crippen molar-refractivity contribution < 1.29 is 14.3 Å². The minimum Gasteiger partial charge on any atom is -0.490 e. The van der Waals surface area contributed by atoms with Gasteiger partial charge < -0.3 is 19.7 Å². The summed E-state index contributed by atoms with van der Waals surface area (Å²) in [5, 5.41) is 2.95. The molecule has 5 nitrogen and oxygen atoms in total. The topological polar surface area (TPSA) is 50.8 Å². The van der Waals surface area contributed by atoms with Gasteiger partial charge in [-0.25, -0.2) is 0 Å². The molecule has 0 atom stereocenters. The first-order valence-electron chi connectivity index (χ1n) is 10.7. The molecular weight excluding hydrogens is 388 g/mol. The van der Waals surface area contributed by atoms with Crippen molar-refractivity contribution in [3.63, 3.8) is 0 Å². The van der Waals surface area contributed by atoms with Crippen molar-refractivity contribution in [3.05, 3.63) is 90.0 Å². The third-order valence-electron chi connectivity index (χ3n) is 5.45. The molecule has 0 spiro atoms. The molecule has 0 bridgehead atoms. The second-order valence-corrected chi connectivity index (χ2v) is 7.87. The predicted molar refractivity (Wildman–Crippen MR) is 123 cm³/mol. The zero-order valence-corrected chi connectivity index (χ0v) is 17.8. The summed E-state index contributed by atoms with van der Waals surface area (Å²) in [7, 11) is 2.14. The maximum atomic E-state index is 12.9. The molecular formula is C26H28N2O3. The van der Waals surface area contributed by atoms with Crippen molar-refractivity contribution >= 4 is 11.6 Å². The number of likely N-dealkylation sites (tertiary alicyclic amines) is 1. The molecule has 0 radical (unpaired) electrons. The molecule has 0 aliphatic carbocycles. The summed E-state index contributed by atoms with van der Waals surface area (Å²) in [6, 6.07) is 24.8. The number of hydrogen-bond donors (Lipinski definition) is 1. The fraction of sp³-hybridized carbons (Fsp3) is 0.269. The van der Waals surface area contributed by atoms with E-state index < -0.39 is 0 Å². The second-order valence-electron chi connectivity index (χ2n) is 7.87. The van der Waals surface area contributed by atoms with E-state index in [0.717, 1.165) is 42.9 Å². The van der Waals surface area contributed by atoms with Gasteiger partial charge in [0.2, 0.25) is 0 Å². The minimum absolute atomic E-state index is 0.201. The van der Waals surface area contributed by atoms with E-state index in [-0.39, 0.29) is 12.0 Å². The second kappa shape index (κ2) is 10.1. The molecule has 5 heteroatoms. The van der Waals surface area contributed by atoms with Gasteiger partial charge in [-0.05, 0) is 61.9 Å². The van der Waals surface area contributed by atoms with Crippen LogP contribution in [0.25, 0.3) is 0 Å². The van der Waals surface area contributed by atoms with Crippen molar-refractivity contribution in [1.82, 2.24) is 4.90 Å². The van der Waals surface area contributed by atoms with Crippen LogP contribution in [0, 0.1) is 0 Å². The molecule has 0 aromatic heterocycles. The average molecular weight is 417 g/mol. The van der Waals surface area contributed by atoms with Crippen molar-refractivity contribution in [3.8, 4) is 11.5 Å². The molecule has 1 heterocycles. The van der Waals surface area contributed by atoms with Gasteiger partial charge in [-0.3, -0.25) is 4.79 Å². The van der Waals surface area contributed by atoms with Gasteiger partial charge in [0.05, 0.1) is 5.56 Å².